The van der Waals surface area contributed by atoms with Crippen molar-refractivity contribution in [1.82, 2.24) is 20.4 Å². The van der Waals surface area contributed by atoms with Crippen LogP contribution in [0.15, 0.2) is 29.3 Å². The number of aliphatic imine (C=N–C) groups is 1. The highest BCUT2D eigenvalue weighted by atomic mass is 127. The minimum Gasteiger partial charge on any atom is -0.357 e. The Morgan fingerprint density at radius 1 is 1.03 bits per heavy atom. The summed E-state index contributed by atoms with van der Waals surface area (Å²) in [6, 6.07) is 7.38. The molecule has 1 aromatic rings. The van der Waals surface area contributed by atoms with Gasteiger partial charge in [0, 0.05) is 25.7 Å². The number of carbonyl (C=O) groups excluding carboxylic acids is 2. The Bertz CT molecular complexity index is 717. The molecule has 2 amide bonds. The summed E-state index contributed by atoms with van der Waals surface area (Å²) in [5.74, 6) is 0.467. The van der Waals surface area contributed by atoms with Crippen molar-refractivity contribution >= 4 is 41.8 Å². The largest absolute Gasteiger partial charge is 0.357 e. The van der Waals surface area contributed by atoms with Gasteiger partial charge in [-0.1, -0.05) is 26.0 Å². The van der Waals surface area contributed by atoms with E-state index in [-0.39, 0.29) is 35.8 Å². The van der Waals surface area contributed by atoms with E-state index >= 15 is 0 Å². The third-order valence-corrected chi connectivity index (χ3v) is 5.67. The number of nitrogens with zero attached hydrogens (tertiary/aromatic N) is 3. The molecule has 1 heterocycles. The van der Waals surface area contributed by atoms with Gasteiger partial charge < -0.3 is 15.5 Å². The molecule has 2 rings (SSSR count). The van der Waals surface area contributed by atoms with E-state index in [2.05, 4.69) is 48.2 Å². The van der Waals surface area contributed by atoms with Gasteiger partial charge in [-0.25, -0.2) is 0 Å². The van der Waals surface area contributed by atoms with Crippen LogP contribution in [0.4, 0.5) is 0 Å². The Hall–Kier alpha value is -1.68. The van der Waals surface area contributed by atoms with E-state index in [1.54, 1.807) is 24.3 Å². The molecule has 32 heavy (non-hydrogen) atoms. The molecule has 0 spiro atoms. The lowest BCUT2D eigenvalue weighted by molar-refractivity contribution is 0.0652. The predicted molar refractivity (Wildman–Crippen MR) is 142 cm³/mol. The lowest BCUT2D eigenvalue weighted by Gasteiger charge is -2.21. The summed E-state index contributed by atoms with van der Waals surface area (Å²) in [5.41, 5.74) is 1.03. The second kappa shape index (κ2) is 15.2. The summed E-state index contributed by atoms with van der Waals surface area (Å²) < 4.78 is 0. The van der Waals surface area contributed by atoms with Crippen LogP contribution in [-0.2, 0) is 0 Å². The maximum atomic E-state index is 12.4. The Morgan fingerprint density at radius 2 is 1.66 bits per heavy atom. The third kappa shape index (κ3) is 8.35. The SMILES string of the molecule is CCNC(=NCCCCN1C(=O)c2ccccc2C1=O)NC(C)CCCN(CC)CC.I. The van der Waals surface area contributed by atoms with E-state index < -0.39 is 0 Å². The number of guanidine groups is 1. The number of fused-ring (bicyclic) bond motifs is 1. The highest BCUT2D eigenvalue weighted by Gasteiger charge is 2.34. The number of benzene rings is 1. The zero-order valence-corrected chi connectivity index (χ0v) is 22.4. The van der Waals surface area contributed by atoms with Crippen molar-refractivity contribution in [2.24, 2.45) is 4.99 Å². The van der Waals surface area contributed by atoms with Crippen molar-refractivity contribution in [3.8, 4) is 0 Å². The Balaban J connectivity index is 0.00000512. The van der Waals surface area contributed by atoms with Crippen LogP contribution in [-0.4, -0.2) is 72.9 Å². The van der Waals surface area contributed by atoms with Gasteiger partial charge in [-0.2, -0.15) is 0 Å². The first kappa shape index (κ1) is 28.4. The predicted octanol–water partition coefficient (Wildman–Crippen LogP) is 3.75. The second-order valence-corrected chi connectivity index (χ2v) is 7.99. The molecule has 0 bridgehead atoms. The number of imide groups is 1. The Kier molecular flexibility index (Phi) is 13.5. The summed E-state index contributed by atoms with van der Waals surface area (Å²) in [6.45, 7) is 13.9. The van der Waals surface area contributed by atoms with Gasteiger partial charge in [0.2, 0.25) is 0 Å². The van der Waals surface area contributed by atoms with E-state index in [1.165, 1.54) is 4.90 Å². The zero-order valence-electron chi connectivity index (χ0n) is 20.0. The molecular weight excluding hydrogens is 517 g/mol. The molecule has 0 fully saturated rings. The van der Waals surface area contributed by atoms with Crippen LogP contribution < -0.4 is 10.6 Å². The first-order valence-corrected chi connectivity index (χ1v) is 11.7. The number of carbonyl (C=O) groups is 2. The van der Waals surface area contributed by atoms with Gasteiger partial charge in [0.05, 0.1) is 11.1 Å². The van der Waals surface area contributed by atoms with Gasteiger partial charge in [0.25, 0.3) is 11.8 Å². The number of hydrogen-bond donors (Lipinski definition) is 2. The summed E-state index contributed by atoms with van der Waals surface area (Å²) in [5, 5.41) is 6.79. The Morgan fingerprint density at radius 3 is 2.22 bits per heavy atom. The average Bonchev–Trinajstić information content (AvgIpc) is 3.01. The smallest absolute Gasteiger partial charge is 0.261 e. The highest BCUT2D eigenvalue weighted by molar-refractivity contribution is 14.0. The van der Waals surface area contributed by atoms with Crippen LogP contribution in [0.5, 0.6) is 0 Å². The molecule has 1 aliphatic heterocycles. The summed E-state index contributed by atoms with van der Waals surface area (Å²) in [6.07, 6.45) is 3.82. The van der Waals surface area contributed by atoms with Crippen molar-refractivity contribution in [3.05, 3.63) is 35.4 Å². The number of rotatable bonds is 13. The number of unbranched alkanes of at least 4 members (excludes halogenated alkanes) is 1. The first-order valence-electron chi connectivity index (χ1n) is 11.7. The van der Waals surface area contributed by atoms with E-state index in [1.807, 2.05) is 0 Å². The van der Waals surface area contributed by atoms with E-state index in [0.29, 0.717) is 30.3 Å². The van der Waals surface area contributed by atoms with Crippen LogP contribution in [0.2, 0.25) is 0 Å². The molecule has 0 saturated carbocycles. The van der Waals surface area contributed by atoms with Crippen molar-refractivity contribution in [3.63, 3.8) is 0 Å². The van der Waals surface area contributed by atoms with Crippen molar-refractivity contribution in [2.75, 3.05) is 39.3 Å². The lowest BCUT2D eigenvalue weighted by Crippen LogP contribution is -2.42. The van der Waals surface area contributed by atoms with Crippen molar-refractivity contribution in [1.29, 1.82) is 0 Å². The second-order valence-electron chi connectivity index (χ2n) is 7.99. The zero-order chi connectivity index (χ0) is 22.6. The molecule has 1 aromatic carbocycles. The number of hydrogen-bond acceptors (Lipinski definition) is 4. The number of amides is 2. The van der Waals surface area contributed by atoms with Crippen LogP contribution in [0.1, 0.15) is 74.1 Å². The van der Waals surface area contributed by atoms with Gasteiger partial charge in [-0.05, 0) is 71.3 Å². The standard InChI is InChI=1S/C24H39N5O2.HI/c1-5-25-24(27-19(4)13-12-17-28(6-2)7-3)26-16-10-11-18-29-22(30)20-14-8-9-15-21(20)23(29)31;/h8-9,14-15,19H,5-7,10-13,16-18H2,1-4H3,(H2,25,26,27);1H. The highest BCUT2D eigenvalue weighted by Crippen LogP contribution is 2.22. The molecule has 1 aliphatic rings. The van der Waals surface area contributed by atoms with Crippen LogP contribution >= 0.6 is 24.0 Å². The third-order valence-electron chi connectivity index (χ3n) is 5.67. The van der Waals surface area contributed by atoms with Crippen LogP contribution in [0.25, 0.3) is 0 Å². The average molecular weight is 558 g/mol. The molecule has 0 saturated heterocycles. The van der Waals surface area contributed by atoms with Crippen molar-refractivity contribution < 1.29 is 9.59 Å². The van der Waals surface area contributed by atoms with Gasteiger partial charge in [-0.15, -0.1) is 24.0 Å². The molecule has 2 N–H and O–H groups in total. The quantitative estimate of drug-likeness (QED) is 0.127. The van der Waals surface area contributed by atoms with Crippen LogP contribution in [0.3, 0.4) is 0 Å². The monoisotopic (exact) mass is 557 g/mol. The number of halogens is 1. The first-order chi connectivity index (χ1) is 15.0. The van der Waals surface area contributed by atoms with E-state index in [4.69, 9.17) is 0 Å². The van der Waals surface area contributed by atoms with Gasteiger partial charge in [0.15, 0.2) is 5.96 Å². The normalized spacial score (nSPS) is 14.4. The minimum atomic E-state index is -0.183. The maximum Gasteiger partial charge on any atom is 0.261 e. The van der Waals surface area contributed by atoms with E-state index in [9.17, 15) is 9.59 Å². The van der Waals surface area contributed by atoms with Crippen LogP contribution in [0, 0.1) is 0 Å². The fourth-order valence-corrected chi connectivity index (χ4v) is 3.80. The molecule has 8 heteroatoms. The lowest BCUT2D eigenvalue weighted by atomic mass is 10.1. The number of nitrogens with one attached hydrogen (secondary N) is 2. The topological polar surface area (TPSA) is 77.0 Å². The van der Waals surface area contributed by atoms with Crippen molar-refractivity contribution in [2.45, 2.75) is 59.4 Å². The summed E-state index contributed by atoms with van der Waals surface area (Å²) >= 11 is 0. The van der Waals surface area contributed by atoms with E-state index in [0.717, 1.165) is 57.8 Å². The van der Waals surface area contributed by atoms with Gasteiger partial charge >= 0.3 is 0 Å². The fourth-order valence-electron chi connectivity index (χ4n) is 3.80. The summed E-state index contributed by atoms with van der Waals surface area (Å²) in [7, 11) is 0. The summed E-state index contributed by atoms with van der Waals surface area (Å²) in [4.78, 5) is 33.3. The molecule has 7 nitrogen and oxygen atoms in total. The van der Waals surface area contributed by atoms with Gasteiger partial charge in [-0.3, -0.25) is 19.5 Å². The Labute approximate surface area is 210 Å². The fraction of sp³-hybridized carbons (Fsp3) is 0.625. The molecule has 0 aliphatic carbocycles. The molecular formula is C24H40IN5O2. The molecule has 1 unspecified atom stereocenters. The molecule has 0 aromatic heterocycles. The molecule has 1 atom stereocenters. The van der Waals surface area contributed by atoms with Gasteiger partial charge in [0.1, 0.15) is 0 Å². The molecule has 180 valence electrons. The minimum absolute atomic E-state index is 0. The molecule has 0 radical (unpaired) electrons. The maximum absolute atomic E-state index is 12.4.